The minimum Gasteiger partial charge on any atom is -0.349 e. The third-order valence-corrected chi connectivity index (χ3v) is 2.75. The zero-order valence-electron chi connectivity index (χ0n) is 10.8. The normalized spacial score (nSPS) is 12.1. The van der Waals surface area contributed by atoms with E-state index in [1.54, 1.807) is 6.20 Å². The standard InChI is InChI=1S/C14H18N4/c1-4-8-18-10-11(2)16-14(18)17-12(3)13-6-5-7-15-9-13/h4-7,9-10,12H,1,8H2,2-3H3,(H,16,17). The topological polar surface area (TPSA) is 42.7 Å². The summed E-state index contributed by atoms with van der Waals surface area (Å²) in [5.74, 6) is 0.865. The minimum absolute atomic E-state index is 0.170. The number of nitrogens with one attached hydrogen (secondary N) is 1. The van der Waals surface area contributed by atoms with Crippen LogP contribution in [0.25, 0.3) is 0 Å². The molecule has 1 unspecified atom stereocenters. The summed E-state index contributed by atoms with van der Waals surface area (Å²) in [4.78, 5) is 8.61. The fourth-order valence-electron chi connectivity index (χ4n) is 1.85. The Morgan fingerprint density at radius 2 is 2.39 bits per heavy atom. The van der Waals surface area contributed by atoms with Crippen LogP contribution in [0.2, 0.25) is 0 Å². The zero-order valence-corrected chi connectivity index (χ0v) is 10.8. The fourth-order valence-corrected chi connectivity index (χ4v) is 1.85. The first-order valence-electron chi connectivity index (χ1n) is 6.02. The summed E-state index contributed by atoms with van der Waals surface area (Å²) in [6.45, 7) is 8.59. The van der Waals surface area contributed by atoms with Crippen LogP contribution in [0, 0.1) is 6.92 Å². The number of pyridine rings is 1. The van der Waals surface area contributed by atoms with E-state index in [1.807, 2.05) is 31.5 Å². The minimum atomic E-state index is 0.170. The van der Waals surface area contributed by atoms with Gasteiger partial charge in [-0.3, -0.25) is 4.98 Å². The highest BCUT2D eigenvalue weighted by molar-refractivity contribution is 5.33. The average Bonchev–Trinajstić information content (AvgIpc) is 2.71. The van der Waals surface area contributed by atoms with Gasteiger partial charge < -0.3 is 9.88 Å². The van der Waals surface area contributed by atoms with Gasteiger partial charge in [-0.1, -0.05) is 12.1 Å². The molecule has 2 aromatic rings. The van der Waals surface area contributed by atoms with E-state index in [0.29, 0.717) is 0 Å². The van der Waals surface area contributed by atoms with E-state index in [0.717, 1.165) is 23.8 Å². The van der Waals surface area contributed by atoms with Gasteiger partial charge in [-0.2, -0.15) is 0 Å². The highest BCUT2D eigenvalue weighted by Gasteiger charge is 2.09. The molecule has 4 nitrogen and oxygen atoms in total. The highest BCUT2D eigenvalue weighted by atomic mass is 15.2. The number of nitrogens with zero attached hydrogens (tertiary/aromatic N) is 3. The Bertz CT molecular complexity index is 516. The molecule has 1 atom stereocenters. The first-order chi connectivity index (χ1) is 8.70. The van der Waals surface area contributed by atoms with Crippen LogP contribution in [0.15, 0.2) is 43.4 Å². The molecule has 0 saturated carbocycles. The van der Waals surface area contributed by atoms with Crippen LogP contribution in [-0.4, -0.2) is 14.5 Å². The molecule has 0 aliphatic heterocycles. The molecule has 0 aromatic carbocycles. The highest BCUT2D eigenvalue weighted by Crippen LogP contribution is 2.18. The first kappa shape index (κ1) is 12.4. The van der Waals surface area contributed by atoms with Crippen LogP contribution in [0.5, 0.6) is 0 Å². The Morgan fingerprint density at radius 3 is 3.06 bits per heavy atom. The summed E-state index contributed by atoms with van der Waals surface area (Å²) in [6.07, 6.45) is 7.52. The third kappa shape index (κ3) is 2.77. The largest absolute Gasteiger partial charge is 0.349 e. The quantitative estimate of drug-likeness (QED) is 0.820. The van der Waals surface area contributed by atoms with E-state index in [1.165, 1.54) is 0 Å². The molecular formula is C14H18N4. The molecule has 0 aliphatic carbocycles. The second-order valence-corrected chi connectivity index (χ2v) is 4.30. The van der Waals surface area contributed by atoms with E-state index in [2.05, 4.69) is 39.4 Å². The van der Waals surface area contributed by atoms with Gasteiger partial charge in [0.05, 0.1) is 11.7 Å². The maximum absolute atomic E-state index is 4.48. The molecule has 4 heteroatoms. The Hall–Kier alpha value is -2.10. The predicted octanol–water partition coefficient (Wildman–Crippen LogP) is 2.95. The zero-order chi connectivity index (χ0) is 13.0. The molecule has 0 bridgehead atoms. The molecule has 0 radical (unpaired) electrons. The summed E-state index contributed by atoms with van der Waals surface area (Å²) in [6, 6.07) is 4.16. The van der Waals surface area contributed by atoms with Crippen LogP contribution >= 0.6 is 0 Å². The van der Waals surface area contributed by atoms with E-state index in [4.69, 9.17) is 0 Å². The Kier molecular flexibility index (Phi) is 3.77. The maximum Gasteiger partial charge on any atom is 0.203 e. The summed E-state index contributed by atoms with van der Waals surface area (Å²) in [5.41, 5.74) is 2.14. The number of imidazole rings is 1. The van der Waals surface area contributed by atoms with Gasteiger partial charge in [0.1, 0.15) is 0 Å². The monoisotopic (exact) mass is 242 g/mol. The van der Waals surface area contributed by atoms with Gasteiger partial charge in [0, 0.05) is 25.1 Å². The lowest BCUT2D eigenvalue weighted by Gasteiger charge is -2.15. The number of rotatable bonds is 5. The molecule has 94 valence electrons. The van der Waals surface area contributed by atoms with Crippen LogP contribution in [0.1, 0.15) is 24.2 Å². The summed E-state index contributed by atoms with van der Waals surface area (Å²) >= 11 is 0. The van der Waals surface area contributed by atoms with Gasteiger partial charge in [-0.25, -0.2) is 4.98 Å². The SMILES string of the molecule is C=CCn1cc(C)nc1NC(C)c1cccnc1. The number of aryl methyl sites for hydroxylation is 1. The van der Waals surface area contributed by atoms with Crippen molar-refractivity contribution >= 4 is 5.95 Å². The van der Waals surface area contributed by atoms with Gasteiger partial charge in [0.25, 0.3) is 0 Å². The molecule has 2 aromatic heterocycles. The van der Waals surface area contributed by atoms with Crippen LogP contribution in [0.3, 0.4) is 0 Å². The van der Waals surface area contributed by atoms with Crippen molar-refractivity contribution in [2.75, 3.05) is 5.32 Å². The second-order valence-electron chi connectivity index (χ2n) is 4.30. The van der Waals surface area contributed by atoms with E-state index >= 15 is 0 Å². The Labute approximate surface area is 107 Å². The molecular weight excluding hydrogens is 224 g/mol. The Balaban J connectivity index is 2.16. The van der Waals surface area contributed by atoms with Crippen molar-refractivity contribution in [1.82, 2.24) is 14.5 Å². The van der Waals surface area contributed by atoms with Crippen molar-refractivity contribution in [2.45, 2.75) is 26.4 Å². The van der Waals surface area contributed by atoms with Crippen molar-refractivity contribution in [2.24, 2.45) is 0 Å². The Morgan fingerprint density at radius 1 is 1.56 bits per heavy atom. The number of hydrogen-bond donors (Lipinski definition) is 1. The molecule has 2 heterocycles. The number of anilines is 1. The van der Waals surface area contributed by atoms with Crippen LogP contribution in [0.4, 0.5) is 5.95 Å². The lowest BCUT2D eigenvalue weighted by molar-refractivity contribution is 0.782. The van der Waals surface area contributed by atoms with Gasteiger partial charge >= 0.3 is 0 Å². The molecule has 2 rings (SSSR count). The molecule has 0 amide bonds. The molecule has 1 N–H and O–H groups in total. The smallest absolute Gasteiger partial charge is 0.203 e. The molecule has 0 saturated heterocycles. The number of aromatic nitrogens is 3. The first-order valence-corrected chi connectivity index (χ1v) is 6.02. The number of allylic oxidation sites excluding steroid dienone is 1. The van der Waals surface area contributed by atoms with Crippen molar-refractivity contribution in [3.8, 4) is 0 Å². The van der Waals surface area contributed by atoms with Crippen LogP contribution < -0.4 is 5.32 Å². The van der Waals surface area contributed by atoms with Gasteiger partial charge in [-0.15, -0.1) is 6.58 Å². The lowest BCUT2D eigenvalue weighted by atomic mass is 10.1. The number of hydrogen-bond acceptors (Lipinski definition) is 3. The van der Waals surface area contributed by atoms with E-state index < -0.39 is 0 Å². The molecule has 0 fully saturated rings. The van der Waals surface area contributed by atoms with Crippen molar-refractivity contribution < 1.29 is 0 Å². The summed E-state index contributed by atoms with van der Waals surface area (Å²) in [5, 5.41) is 3.40. The van der Waals surface area contributed by atoms with Crippen molar-refractivity contribution in [1.29, 1.82) is 0 Å². The van der Waals surface area contributed by atoms with E-state index in [-0.39, 0.29) is 6.04 Å². The van der Waals surface area contributed by atoms with Crippen molar-refractivity contribution in [3.63, 3.8) is 0 Å². The summed E-state index contributed by atoms with van der Waals surface area (Å²) < 4.78 is 2.05. The lowest BCUT2D eigenvalue weighted by Crippen LogP contribution is -2.11. The third-order valence-electron chi connectivity index (χ3n) is 2.75. The molecule has 0 aliphatic rings. The fraction of sp³-hybridized carbons (Fsp3) is 0.286. The summed E-state index contributed by atoms with van der Waals surface area (Å²) in [7, 11) is 0. The van der Waals surface area contributed by atoms with E-state index in [9.17, 15) is 0 Å². The van der Waals surface area contributed by atoms with Gasteiger partial charge in [-0.05, 0) is 25.5 Å². The van der Waals surface area contributed by atoms with Gasteiger partial charge in [0.2, 0.25) is 5.95 Å². The molecule has 0 spiro atoms. The second kappa shape index (κ2) is 5.49. The average molecular weight is 242 g/mol. The van der Waals surface area contributed by atoms with Gasteiger partial charge in [0.15, 0.2) is 0 Å². The van der Waals surface area contributed by atoms with Crippen LogP contribution in [-0.2, 0) is 6.54 Å². The van der Waals surface area contributed by atoms with Crippen molar-refractivity contribution in [3.05, 3.63) is 54.6 Å². The predicted molar refractivity (Wildman–Crippen MR) is 73.4 cm³/mol. The maximum atomic E-state index is 4.48. The molecule has 18 heavy (non-hydrogen) atoms.